The number of hydrogen-bond donors (Lipinski definition) is 0. The average molecular weight is 500 g/mol. The minimum atomic E-state index is 0.792. The van der Waals surface area contributed by atoms with E-state index in [2.05, 4.69) is 65.9 Å². The second-order valence-electron chi connectivity index (χ2n) is 12.2. The molecule has 0 aromatic carbocycles. The zero-order valence-electron chi connectivity index (χ0n) is 21.9. The molecule has 5 fully saturated rings. The molecule has 4 heteroatoms. The topological polar surface area (TPSA) is 6.25 Å². The van der Waals surface area contributed by atoms with Crippen LogP contribution in [0.5, 0.6) is 0 Å². The molecule has 0 bridgehead atoms. The maximum Gasteiger partial charge on any atom is 0.235 e. The third kappa shape index (κ3) is 4.25. The van der Waals surface area contributed by atoms with E-state index in [0.29, 0.717) is 0 Å². The van der Waals surface area contributed by atoms with Gasteiger partial charge in [-0.25, -0.2) is 4.58 Å². The van der Waals surface area contributed by atoms with Crippen LogP contribution in [-0.4, -0.2) is 50.2 Å². The second-order valence-corrected chi connectivity index (χ2v) is 14.5. The van der Waals surface area contributed by atoms with Gasteiger partial charge in [0.05, 0.1) is 10.3 Å². The minimum absolute atomic E-state index is 0.792. The zero-order chi connectivity index (χ0) is 23.2. The molecule has 0 N–H and O–H groups in total. The molecular weight excluding hydrogens is 452 g/mol. The Morgan fingerprint density at radius 1 is 0.853 bits per heavy atom. The fraction of sp³-hybridized carbons (Fsp3) is 0.833. The van der Waals surface area contributed by atoms with Crippen LogP contribution in [0.1, 0.15) is 97.8 Å². The maximum absolute atomic E-state index is 2.79. The van der Waals surface area contributed by atoms with E-state index in [4.69, 9.17) is 0 Å². The summed E-state index contributed by atoms with van der Waals surface area (Å²) >= 11 is 4.51. The van der Waals surface area contributed by atoms with E-state index >= 15 is 0 Å². The van der Waals surface area contributed by atoms with Crippen LogP contribution < -0.4 is 0 Å². The normalized spacial score (nSPS) is 43.6. The largest absolute Gasteiger partial charge is 0.363 e. The van der Waals surface area contributed by atoms with Gasteiger partial charge in [0.15, 0.2) is 6.04 Å². The summed E-state index contributed by atoms with van der Waals surface area (Å²) in [7, 11) is 0. The predicted octanol–water partition coefficient (Wildman–Crippen LogP) is 7.70. The first-order chi connectivity index (χ1) is 16.7. The molecule has 0 spiro atoms. The van der Waals surface area contributed by atoms with Gasteiger partial charge in [0.25, 0.3) is 0 Å². The highest BCUT2D eigenvalue weighted by atomic mass is 32.2. The lowest BCUT2D eigenvalue weighted by atomic mass is 9.69. The zero-order valence-corrected chi connectivity index (χ0v) is 23.5. The highest BCUT2D eigenvalue weighted by molar-refractivity contribution is 8.14. The van der Waals surface area contributed by atoms with Crippen molar-refractivity contribution in [3.63, 3.8) is 0 Å². The highest BCUT2D eigenvalue weighted by Crippen LogP contribution is 2.54. The lowest BCUT2D eigenvalue weighted by molar-refractivity contribution is -0.560. The van der Waals surface area contributed by atoms with Crippen LogP contribution in [0.15, 0.2) is 22.8 Å². The maximum atomic E-state index is 2.79. The van der Waals surface area contributed by atoms with Crippen LogP contribution in [0, 0.1) is 23.7 Å². The van der Waals surface area contributed by atoms with Crippen LogP contribution in [-0.2, 0) is 0 Å². The quantitative estimate of drug-likeness (QED) is 0.366. The summed E-state index contributed by atoms with van der Waals surface area (Å²) in [5.41, 5.74) is 1.47. The fourth-order valence-electron chi connectivity index (χ4n) is 8.91. The molecule has 2 aliphatic heterocycles. The highest BCUT2D eigenvalue weighted by Gasteiger charge is 2.51. The van der Waals surface area contributed by atoms with E-state index < -0.39 is 0 Å². The van der Waals surface area contributed by atoms with Crippen LogP contribution in [0.2, 0.25) is 0 Å². The van der Waals surface area contributed by atoms with Crippen LogP contribution in [0.25, 0.3) is 0 Å². The Balaban J connectivity index is 1.22. The van der Waals surface area contributed by atoms with Crippen molar-refractivity contribution in [3.8, 4) is 0 Å². The molecule has 2 heterocycles. The smallest absolute Gasteiger partial charge is 0.235 e. The van der Waals surface area contributed by atoms with Gasteiger partial charge >= 0.3 is 0 Å². The van der Waals surface area contributed by atoms with Crippen molar-refractivity contribution in [3.05, 3.63) is 22.8 Å². The summed E-state index contributed by atoms with van der Waals surface area (Å²) in [6.45, 7) is 9.48. The predicted molar refractivity (Wildman–Crippen MR) is 150 cm³/mol. The third-order valence-corrected chi connectivity index (χ3v) is 13.5. The van der Waals surface area contributed by atoms with Crippen molar-refractivity contribution in [1.29, 1.82) is 0 Å². The summed E-state index contributed by atoms with van der Waals surface area (Å²) in [5, 5.41) is 4.86. The van der Waals surface area contributed by atoms with Gasteiger partial charge in [-0.15, -0.1) is 11.8 Å². The molecule has 0 aromatic heterocycles. The molecule has 6 rings (SSSR count). The summed E-state index contributed by atoms with van der Waals surface area (Å²) in [4.78, 5) is 2.79. The van der Waals surface area contributed by atoms with Crippen molar-refractivity contribution in [2.45, 2.75) is 120 Å². The molecule has 8 unspecified atom stereocenters. The van der Waals surface area contributed by atoms with Gasteiger partial charge in [-0.1, -0.05) is 38.5 Å². The molecule has 34 heavy (non-hydrogen) atoms. The lowest BCUT2D eigenvalue weighted by Crippen LogP contribution is -2.45. The van der Waals surface area contributed by atoms with Crippen LogP contribution >= 0.6 is 23.5 Å². The molecule has 1 saturated heterocycles. The molecular formula is C30H47N2S2+. The molecule has 0 aromatic rings. The van der Waals surface area contributed by atoms with Gasteiger partial charge in [-0.2, -0.15) is 0 Å². The summed E-state index contributed by atoms with van der Waals surface area (Å²) in [6.07, 6.45) is 22.9. The number of rotatable bonds is 4. The Kier molecular flexibility index (Phi) is 7.20. The molecule has 4 saturated carbocycles. The van der Waals surface area contributed by atoms with Gasteiger partial charge in [0.1, 0.15) is 6.54 Å². The Morgan fingerprint density at radius 3 is 2.24 bits per heavy atom. The summed E-state index contributed by atoms with van der Waals surface area (Å²) < 4.78 is 2.79. The van der Waals surface area contributed by atoms with Crippen molar-refractivity contribution < 1.29 is 4.58 Å². The molecule has 2 nitrogen and oxygen atoms in total. The van der Waals surface area contributed by atoms with E-state index in [9.17, 15) is 0 Å². The molecule has 6 aliphatic rings. The molecule has 188 valence electrons. The molecule has 4 aliphatic carbocycles. The van der Waals surface area contributed by atoms with E-state index in [1.807, 2.05) is 0 Å². The van der Waals surface area contributed by atoms with Crippen LogP contribution in [0.4, 0.5) is 0 Å². The van der Waals surface area contributed by atoms with Crippen LogP contribution in [0.3, 0.4) is 0 Å². The summed E-state index contributed by atoms with van der Waals surface area (Å²) in [6, 6.07) is 1.58. The number of nitrogens with zero attached hydrogens (tertiary/aromatic N) is 2. The van der Waals surface area contributed by atoms with Gasteiger partial charge < -0.3 is 4.90 Å². The Hall–Kier alpha value is -0.350. The average Bonchev–Trinajstić information content (AvgIpc) is 3.40. The molecule has 0 radical (unpaired) electrons. The number of thioether (sulfide) groups is 2. The Bertz CT molecular complexity index is 860. The first-order valence-corrected chi connectivity index (χ1v) is 16.6. The van der Waals surface area contributed by atoms with E-state index in [1.165, 1.54) is 95.7 Å². The van der Waals surface area contributed by atoms with E-state index in [1.54, 1.807) is 10.1 Å². The van der Waals surface area contributed by atoms with Gasteiger partial charge in [0.2, 0.25) is 5.04 Å². The van der Waals surface area contributed by atoms with Crippen molar-refractivity contribution >= 4 is 28.6 Å². The molecule has 0 amide bonds. The first kappa shape index (κ1) is 24.0. The summed E-state index contributed by atoms with van der Waals surface area (Å²) in [5.74, 6) is 3.99. The Morgan fingerprint density at radius 2 is 1.53 bits per heavy atom. The second kappa shape index (κ2) is 10.2. The van der Waals surface area contributed by atoms with Crippen molar-refractivity contribution in [2.75, 3.05) is 13.1 Å². The van der Waals surface area contributed by atoms with E-state index in [0.717, 1.165) is 46.3 Å². The number of hydrogen-bond acceptors (Lipinski definition) is 3. The van der Waals surface area contributed by atoms with Gasteiger partial charge in [0, 0.05) is 30.3 Å². The van der Waals surface area contributed by atoms with Crippen molar-refractivity contribution in [2.24, 2.45) is 23.7 Å². The van der Waals surface area contributed by atoms with Crippen molar-refractivity contribution in [1.82, 2.24) is 4.90 Å². The molecule has 8 atom stereocenters. The van der Waals surface area contributed by atoms with E-state index in [-0.39, 0.29) is 0 Å². The standard InChI is InChI=1S/C30H47N2S2/c1-4-31-25-16-14-21-10-6-8-12-23(21)29(25)33-27(31)18-20(3)19-28-32(5-2)26-17-15-22-11-7-9-13-24(22)30(26)34-28/h18-19,21-26,29-30H,4-17H2,1-3H3/q+1. The SMILES string of the molecule is CCN1/C(=C/C(C)=C/C2=[N+](CC)C3CCC4CCCCC4C3S2)SC2C3CCCCC3CCC21. The lowest BCUT2D eigenvalue weighted by Gasteiger charge is -2.43. The Labute approximate surface area is 217 Å². The number of fused-ring (bicyclic) bond motifs is 6. The number of allylic oxidation sites excluding steroid dienone is 2. The monoisotopic (exact) mass is 499 g/mol. The van der Waals surface area contributed by atoms with Gasteiger partial charge in [-0.05, 0) is 100.0 Å². The minimum Gasteiger partial charge on any atom is -0.363 e. The fourth-order valence-corrected chi connectivity index (χ4v) is 12.7. The van der Waals surface area contributed by atoms with Gasteiger partial charge in [-0.3, -0.25) is 0 Å². The first-order valence-electron chi connectivity index (χ1n) is 14.8. The third-order valence-electron chi connectivity index (χ3n) is 10.5.